The molecule has 2 aromatic rings. The van der Waals surface area contributed by atoms with Gasteiger partial charge >= 0.3 is 11.7 Å². The smallest absolute Gasteiger partial charge is 0.349 e. The Morgan fingerprint density at radius 1 is 1.47 bits per heavy atom. The zero-order valence-electron chi connectivity index (χ0n) is 9.63. The van der Waals surface area contributed by atoms with Gasteiger partial charge in [0.25, 0.3) is 5.52 Å². The summed E-state index contributed by atoms with van der Waals surface area (Å²) in [6, 6.07) is 0.144. The SMILES string of the molecule is CCCCNc1nc(OC)nc2no[n+]([O-])c12. The first-order chi connectivity index (χ1) is 8.26. The molecule has 92 valence electrons. The monoisotopic (exact) mass is 239 g/mol. The molecule has 0 radical (unpaired) electrons. The summed E-state index contributed by atoms with van der Waals surface area (Å²) in [5.41, 5.74) is 0.354. The lowest BCUT2D eigenvalue weighted by Crippen LogP contribution is -2.24. The van der Waals surface area contributed by atoms with Gasteiger partial charge in [0.05, 0.1) is 12.3 Å². The molecule has 1 N–H and O–H groups in total. The molecule has 0 amide bonds. The number of nitrogens with zero attached hydrogens (tertiary/aromatic N) is 4. The van der Waals surface area contributed by atoms with Crippen molar-refractivity contribution in [2.24, 2.45) is 0 Å². The van der Waals surface area contributed by atoms with Gasteiger partial charge in [-0.2, -0.15) is 4.98 Å². The van der Waals surface area contributed by atoms with E-state index in [1.807, 2.05) is 0 Å². The Balaban J connectivity index is 2.38. The van der Waals surface area contributed by atoms with Crippen LogP contribution in [-0.2, 0) is 0 Å². The third kappa shape index (κ3) is 2.19. The molecular weight excluding hydrogens is 226 g/mol. The second-order valence-corrected chi connectivity index (χ2v) is 3.44. The first-order valence-electron chi connectivity index (χ1n) is 5.31. The Hall–Kier alpha value is -2.12. The van der Waals surface area contributed by atoms with E-state index in [1.165, 1.54) is 7.11 Å². The van der Waals surface area contributed by atoms with Crippen LogP contribution >= 0.6 is 0 Å². The maximum Gasteiger partial charge on any atom is 0.349 e. The molecule has 0 aliphatic carbocycles. The number of nitrogens with one attached hydrogen (secondary N) is 1. The van der Waals surface area contributed by atoms with Gasteiger partial charge in [-0.3, -0.25) is 4.63 Å². The van der Waals surface area contributed by atoms with Crippen LogP contribution in [0.3, 0.4) is 0 Å². The van der Waals surface area contributed by atoms with E-state index < -0.39 is 0 Å². The van der Waals surface area contributed by atoms with Crippen molar-refractivity contribution in [3.63, 3.8) is 0 Å². The zero-order chi connectivity index (χ0) is 12.3. The molecule has 0 saturated heterocycles. The predicted octanol–water partition coefficient (Wildman–Crippen LogP) is 0.472. The number of methoxy groups -OCH3 is 1. The van der Waals surface area contributed by atoms with E-state index in [4.69, 9.17) is 4.74 Å². The maximum absolute atomic E-state index is 11.4. The largest absolute Gasteiger partial charge is 0.467 e. The highest BCUT2D eigenvalue weighted by molar-refractivity contribution is 5.78. The highest BCUT2D eigenvalue weighted by atomic mass is 16.8. The van der Waals surface area contributed by atoms with Crippen LogP contribution in [0.5, 0.6) is 6.01 Å². The number of aromatic nitrogens is 4. The van der Waals surface area contributed by atoms with E-state index in [2.05, 4.69) is 32.0 Å². The lowest BCUT2D eigenvalue weighted by atomic mass is 10.3. The Bertz CT molecular complexity index is 513. The molecule has 0 fully saturated rings. The molecule has 2 rings (SSSR count). The van der Waals surface area contributed by atoms with Gasteiger partial charge in [0, 0.05) is 6.54 Å². The van der Waals surface area contributed by atoms with Crippen molar-refractivity contribution in [1.29, 1.82) is 0 Å². The average molecular weight is 239 g/mol. The second-order valence-electron chi connectivity index (χ2n) is 3.44. The van der Waals surface area contributed by atoms with Crippen molar-refractivity contribution >= 4 is 17.0 Å². The number of anilines is 1. The number of fused-ring (bicyclic) bond motifs is 1. The third-order valence-electron chi connectivity index (χ3n) is 2.23. The van der Waals surface area contributed by atoms with Gasteiger partial charge in [-0.05, 0) is 11.3 Å². The fourth-order valence-electron chi connectivity index (χ4n) is 1.37. The summed E-state index contributed by atoms with van der Waals surface area (Å²) in [5, 5.41) is 17.9. The van der Waals surface area contributed by atoms with Gasteiger partial charge in [0.15, 0.2) is 5.82 Å². The van der Waals surface area contributed by atoms with Gasteiger partial charge in [-0.15, -0.1) is 4.98 Å². The molecule has 0 bridgehead atoms. The lowest BCUT2D eigenvalue weighted by Gasteiger charge is -2.04. The normalized spacial score (nSPS) is 10.7. The lowest BCUT2D eigenvalue weighted by molar-refractivity contribution is -0.782. The highest BCUT2D eigenvalue weighted by Crippen LogP contribution is 2.18. The fraction of sp³-hybridized carbons (Fsp3) is 0.556. The van der Waals surface area contributed by atoms with Crippen molar-refractivity contribution < 1.29 is 14.3 Å². The molecule has 8 heteroatoms. The Labute approximate surface area is 97.1 Å². The topological polar surface area (TPSA) is 100 Å². The van der Waals surface area contributed by atoms with E-state index in [1.54, 1.807) is 0 Å². The number of unbranched alkanes of at least 4 members (excludes halogenated alkanes) is 1. The molecule has 2 heterocycles. The van der Waals surface area contributed by atoms with E-state index in [-0.39, 0.29) is 22.1 Å². The van der Waals surface area contributed by atoms with Gasteiger partial charge in [0.1, 0.15) is 0 Å². The van der Waals surface area contributed by atoms with E-state index >= 15 is 0 Å². The van der Waals surface area contributed by atoms with Crippen LogP contribution in [0.1, 0.15) is 19.8 Å². The molecule has 8 nitrogen and oxygen atoms in total. The van der Waals surface area contributed by atoms with Gasteiger partial charge < -0.3 is 15.3 Å². The Kier molecular flexibility index (Phi) is 3.22. The van der Waals surface area contributed by atoms with Crippen molar-refractivity contribution in [3.8, 4) is 6.01 Å². The predicted molar refractivity (Wildman–Crippen MR) is 58.5 cm³/mol. The Morgan fingerprint density at radius 2 is 2.29 bits per heavy atom. The van der Waals surface area contributed by atoms with Crippen molar-refractivity contribution in [1.82, 2.24) is 15.1 Å². The first-order valence-corrected chi connectivity index (χ1v) is 5.31. The molecule has 0 saturated carbocycles. The van der Waals surface area contributed by atoms with Crippen LogP contribution < -0.4 is 15.0 Å². The zero-order valence-corrected chi connectivity index (χ0v) is 9.63. The molecule has 0 unspecified atom stereocenters. The summed E-state index contributed by atoms with van der Waals surface area (Å²) in [4.78, 5) is 8.24. The van der Waals surface area contributed by atoms with Crippen LogP contribution in [0.15, 0.2) is 4.63 Å². The van der Waals surface area contributed by atoms with Crippen LogP contribution in [-0.4, -0.2) is 28.8 Å². The van der Waals surface area contributed by atoms with Crippen LogP contribution in [0.25, 0.3) is 11.2 Å². The molecule has 0 aliphatic rings. The molecule has 17 heavy (non-hydrogen) atoms. The molecule has 0 aliphatic heterocycles. The molecule has 2 aromatic heterocycles. The first kappa shape index (κ1) is 11.4. The van der Waals surface area contributed by atoms with Crippen LogP contribution in [0.4, 0.5) is 5.82 Å². The van der Waals surface area contributed by atoms with Crippen molar-refractivity contribution in [2.45, 2.75) is 19.8 Å². The average Bonchev–Trinajstić information content (AvgIpc) is 2.71. The number of hydrogen-bond donors (Lipinski definition) is 1. The third-order valence-corrected chi connectivity index (χ3v) is 2.23. The number of rotatable bonds is 5. The Morgan fingerprint density at radius 3 is 3.00 bits per heavy atom. The van der Waals surface area contributed by atoms with Crippen molar-refractivity contribution in [3.05, 3.63) is 5.21 Å². The second kappa shape index (κ2) is 4.81. The highest BCUT2D eigenvalue weighted by Gasteiger charge is 2.19. The van der Waals surface area contributed by atoms with E-state index in [9.17, 15) is 5.21 Å². The summed E-state index contributed by atoms with van der Waals surface area (Å²) in [5.74, 6) is 0.372. The maximum atomic E-state index is 11.4. The summed E-state index contributed by atoms with van der Waals surface area (Å²) >= 11 is 0. The van der Waals surface area contributed by atoms with Crippen LogP contribution in [0.2, 0.25) is 0 Å². The quantitative estimate of drug-likeness (QED) is 0.598. The van der Waals surface area contributed by atoms with Gasteiger partial charge in [0.2, 0.25) is 0 Å². The van der Waals surface area contributed by atoms with Crippen LogP contribution in [0, 0.1) is 5.21 Å². The van der Waals surface area contributed by atoms with Crippen molar-refractivity contribution in [2.75, 3.05) is 19.0 Å². The fourth-order valence-corrected chi connectivity index (χ4v) is 1.37. The summed E-state index contributed by atoms with van der Waals surface area (Å²) in [7, 11) is 1.45. The summed E-state index contributed by atoms with van der Waals surface area (Å²) in [6.45, 7) is 2.78. The molecular formula is C9H13N5O3. The summed E-state index contributed by atoms with van der Waals surface area (Å²) < 4.78 is 9.40. The minimum absolute atomic E-state index is 0.144. The van der Waals surface area contributed by atoms with Gasteiger partial charge in [-0.1, -0.05) is 13.3 Å². The molecule has 0 atom stereocenters. The molecule has 0 spiro atoms. The van der Waals surface area contributed by atoms with Gasteiger partial charge in [-0.25, -0.2) is 0 Å². The minimum atomic E-state index is 0.144. The van der Waals surface area contributed by atoms with E-state index in [0.29, 0.717) is 12.4 Å². The summed E-state index contributed by atoms with van der Waals surface area (Å²) in [6.07, 6.45) is 2.01. The standard InChI is InChI=1S/C9H13N5O3/c1-3-4-5-10-7-6-8(13-17-14(6)15)12-9(11-7)16-2/h3-5H2,1-2H3,(H,10,11,12,13). The number of hydrogen-bond acceptors (Lipinski definition) is 7. The van der Waals surface area contributed by atoms with E-state index in [0.717, 1.165) is 12.8 Å². The number of ether oxygens (including phenoxy) is 1. The minimum Gasteiger partial charge on any atom is -0.467 e. The molecule has 0 aromatic carbocycles.